The lowest BCUT2D eigenvalue weighted by molar-refractivity contribution is -0.150. The number of amides is 1. The summed E-state index contributed by atoms with van der Waals surface area (Å²) in [5.74, 6) is -1.19. The van der Waals surface area contributed by atoms with Crippen molar-refractivity contribution in [1.29, 1.82) is 0 Å². The van der Waals surface area contributed by atoms with Gasteiger partial charge in [-0.2, -0.15) is 0 Å². The predicted molar refractivity (Wildman–Crippen MR) is 52.1 cm³/mol. The zero-order chi connectivity index (χ0) is 12.1. The van der Waals surface area contributed by atoms with Crippen molar-refractivity contribution < 1.29 is 24.2 Å². The number of hydrogen-bond acceptors (Lipinski definition) is 5. The molecule has 1 unspecified atom stereocenters. The Kier molecular flexibility index (Phi) is 5.24. The van der Waals surface area contributed by atoms with Gasteiger partial charge in [0.1, 0.15) is 5.60 Å². The van der Waals surface area contributed by atoms with E-state index in [1.807, 2.05) is 0 Å². The highest BCUT2D eigenvalue weighted by molar-refractivity contribution is 5.89. The molecule has 0 rings (SSSR count). The first-order valence-electron chi connectivity index (χ1n) is 4.43. The van der Waals surface area contributed by atoms with Gasteiger partial charge in [0.15, 0.2) is 6.04 Å². The normalized spacial score (nSPS) is 13.1. The Bertz CT molecular complexity index is 239. The lowest BCUT2D eigenvalue weighted by Gasteiger charge is -2.24. The number of ether oxygens (including phenoxy) is 2. The molecule has 0 aromatic heterocycles. The van der Waals surface area contributed by atoms with Gasteiger partial charge in [-0.15, -0.1) is 0 Å². The molecule has 0 aromatic rings. The summed E-state index contributed by atoms with van der Waals surface area (Å²) in [6.07, 6.45) is 0. The number of esters is 1. The second-order valence-corrected chi connectivity index (χ2v) is 3.45. The molecule has 2 N–H and O–H groups in total. The van der Waals surface area contributed by atoms with Crippen LogP contribution < -0.4 is 5.32 Å². The average molecular weight is 219 g/mol. The molecule has 0 aliphatic carbocycles. The van der Waals surface area contributed by atoms with Crippen LogP contribution in [0.4, 0.5) is 0 Å². The van der Waals surface area contributed by atoms with E-state index in [1.165, 1.54) is 14.2 Å². The monoisotopic (exact) mass is 219 g/mol. The van der Waals surface area contributed by atoms with Crippen LogP contribution >= 0.6 is 0 Å². The largest absolute Gasteiger partial charge is 0.467 e. The standard InChI is InChI=1S/C9H17NO5/c1-9(2,15-4)8(13)10-6(5-11)7(12)14-3/h6,11H,5H2,1-4H3,(H,10,13). The molecule has 0 fully saturated rings. The van der Waals surface area contributed by atoms with Crippen molar-refractivity contribution in [2.45, 2.75) is 25.5 Å². The summed E-state index contributed by atoms with van der Waals surface area (Å²) in [6.45, 7) is 2.58. The molecule has 0 saturated heterocycles. The Hall–Kier alpha value is -1.14. The molecule has 0 aliphatic rings. The van der Waals surface area contributed by atoms with Crippen LogP contribution in [0.3, 0.4) is 0 Å². The second kappa shape index (κ2) is 5.67. The zero-order valence-electron chi connectivity index (χ0n) is 9.36. The van der Waals surface area contributed by atoms with Crippen LogP contribution in [0.5, 0.6) is 0 Å². The van der Waals surface area contributed by atoms with Gasteiger partial charge in [0.25, 0.3) is 5.91 Å². The van der Waals surface area contributed by atoms with Crippen molar-refractivity contribution >= 4 is 11.9 Å². The van der Waals surface area contributed by atoms with E-state index in [2.05, 4.69) is 10.1 Å². The molecule has 0 bridgehead atoms. The molecular formula is C9H17NO5. The van der Waals surface area contributed by atoms with Gasteiger partial charge in [0.2, 0.25) is 0 Å². The van der Waals surface area contributed by atoms with Gasteiger partial charge < -0.3 is 19.9 Å². The molecule has 88 valence electrons. The average Bonchev–Trinajstić information content (AvgIpc) is 2.24. The fourth-order valence-electron chi connectivity index (χ4n) is 0.746. The minimum absolute atomic E-state index is 0.491. The lowest BCUT2D eigenvalue weighted by atomic mass is 10.1. The third kappa shape index (κ3) is 3.85. The highest BCUT2D eigenvalue weighted by Crippen LogP contribution is 2.07. The fraction of sp³-hybridized carbons (Fsp3) is 0.778. The van der Waals surface area contributed by atoms with Crippen LogP contribution in [0.25, 0.3) is 0 Å². The third-order valence-electron chi connectivity index (χ3n) is 2.03. The first-order chi connectivity index (χ1) is 6.88. The summed E-state index contributed by atoms with van der Waals surface area (Å²) in [7, 11) is 2.56. The molecular weight excluding hydrogens is 202 g/mol. The minimum atomic E-state index is -1.06. The van der Waals surface area contributed by atoms with E-state index >= 15 is 0 Å². The molecule has 6 nitrogen and oxygen atoms in total. The summed E-state index contributed by atoms with van der Waals surface area (Å²) in [6, 6.07) is -1.06. The molecule has 1 amide bonds. The topological polar surface area (TPSA) is 84.9 Å². The molecule has 15 heavy (non-hydrogen) atoms. The van der Waals surface area contributed by atoms with Gasteiger partial charge in [-0.25, -0.2) is 4.79 Å². The van der Waals surface area contributed by atoms with Crippen molar-refractivity contribution in [1.82, 2.24) is 5.32 Å². The number of nitrogens with one attached hydrogen (secondary N) is 1. The van der Waals surface area contributed by atoms with Crippen LogP contribution in [0.2, 0.25) is 0 Å². The van der Waals surface area contributed by atoms with Crippen molar-refractivity contribution in [3.05, 3.63) is 0 Å². The number of methoxy groups -OCH3 is 2. The van der Waals surface area contributed by atoms with Crippen LogP contribution in [0, 0.1) is 0 Å². The van der Waals surface area contributed by atoms with Crippen LogP contribution in [0.15, 0.2) is 0 Å². The van der Waals surface area contributed by atoms with Crippen molar-refractivity contribution in [2.24, 2.45) is 0 Å². The Morgan fingerprint density at radius 2 is 1.93 bits per heavy atom. The zero-order valence-corrected chi connectivity index (χ0v) is 9.36. The van der Waals surface area contributed by atoms with Crippen molar-refractivity contribution in [3.8, 4) is 0 Å². The number of aliphatic hydroxyl groups excluding tert-OH is 1. The summed E-state index contributed by atoms with van der Waals surface area (Å²) < 4.78 is 9.31. The molecule has 0 spiro atoms. The van der Waals surface area contributed by atoms with E-state index in [1.54, 1.807) is 13.8 Å². The maximum absolute atomic E-state index is 11.5. The maximum Gasteiger partial charge on any atom is 0.330 e. The first kappa shape index (κ1) is 13.9. The van der Waals surface area contributed by atoms with Crippen LogP contribution in [0.1, 0.15) is 13.8 Å². The summed E-state index contributed by atoms with van der Waals surface area (Å²) in [5, 5.41) is 11.2. The Morgan fingerprint density at radius 1 is 1.40 bits per heavy atom. The van der Waals surface area contributed by atoms with Crippen molar-refractivity contribution in [3.63, 3.8) is 0 Å². The van der Waals surface area contributed by atoms with Crippen molar-refractivity contribution in [2.75, 3.05) is 20.8 Å². The van der Waals surface area contributed by atoms with E-state index in [9.17, 15) is 9.59 Å². The van der Waals surface area contributed by atoms with Crippen LogP contribution in [-0.2, 0) is 19.1 Å². The molecule has 0 saturated carbocycles. The number of carbonyl (C=O) groups excluding carboxylic acids is 2. The van der Waals surface area contributed by atoms with Gasteiger partial charge >= 0.3 is 5.97 Å². The Balaban J connectivity index is 4.44. The van der Waals surface area contributed by atoms with Gasteiger partial charge in [0.05, 0.1) is 13.7 Å². The maximum atomic E-state index is 11.5. The van der Waals surface area contributed by atoms with E-state index in [0.29, 0.717) is 0 Å². The van der Waals surface area contributed by atoms with E-state index in [4.69, 9.17) is 9.84 Å². The molecule has 0 heterocycles. The second-order valence-electron chi connectivity index (χ2n) is 3.45. The van der Waals surface area contributed by atoms with Gasteiger partial charge in [-0.3, -0.25) is 4.79 Å². The summed E-state index contributed by atoms with van der Waals surface area (Å²) in [4.78, 5) is 22.6. The fourth-order valence-corrected chi connectivity index (χ4v) is 0.746. The third-order valence-corrected chi connectivity index (χ3v) is 2.03. The lowest BCUT2D eigenvalue weighted by Crippen LogP contribution is -2.52. The van der Waals surface area contributed by atoms with Crippen LogP contribution in [-0.4, -0.2) is 49.5 Å². The van der Waals surface area contributed by atoms with Gasteiger partial charge in [-0.1, -0.05) is 0 Å². The molecule has 6 heteroatoms. The van der Waals surface area contributed by atoms with Gasteiger partial charge in [0, 0.05) is 7.11 Å². The van der Waals surface area contributed by atoms with E-state index < -0.39 is 30.1 Å². The molecule has 1 atom stereocenters. The van der Waals surface area contributed by atoms with E-state index in [-0.39, 0.29) is 0 Å². The summed E-state index contributed by atoms with van der Waals surface area (Å²) >= 11 is 0. The molecule has 0 radical (unpaired) electrons. The molecule has 0 aliphatic heterocycles. The SMILES string of the molecule is COC(=O)C(CO)NC(=O)C(C)(C)OC. The Labute approximate surface area is 88.6 Å². The predicted octanol–water partition coefficient (Wildman–Crippen LogP) is -0.938. The molecule has 0 aromatic carbocycles. The number of rotatable bonds is 5. The highest BCUT2D eigenvalue weighted by atomic mass is 16.5. The number of carbonyl (C=O) groups is 2. The highest BCUT2D eigenvalue weighted by Gasteiger charge is 2.31. The summed E-state index contributed by atoms with van der Waals surface area (Å²) in [5.41, 5.74) is -1.05. The van der Waals surface area contributed by atoms with Gasteiger partial charge in [-0.05, 0) is 13.8 Å². The Morgan fingerprint density at radius 3 is 2.27 bits per heavy atom. The number of hydrogen-bond donors (Lipinski definition) is 2. The minimum Gasteiger partial charge on any atom is -0.467 e. The first-order valence-corrected chi connectivity index (χ1v) is 4.43. The smallest absolute Gasteiger partial charge is 0.330 e. The van der Waals surface area contributed by atoms with E-state index in [0.717, 1.165) is 0 Å². The number of aliphatic hydroxyl groups is 1. The quantitative estimate of drug-likeness (QED) is 0.583.